The monoisotopic (exact) mass is 293 g/mol. The predicted octanol–water partition coefficient (Wildman–Crippen LogP) is 3.70. The lowest BCUT2D eigenvalue weighted by Gasteiger charge is -2.22. The van der Waals surface area contributed by atoms with Gasteiger partial charge in [-0.2, -0.15) is 0 Å². The van der Waals surface area contributed by atoms with Crippen LogP contribution in [0.15, 0.2) is 29.2 Å². The first-order valence-electron chi connectivity index (χ1n) is 7.77. The van der Waals surface area contributed by atoms with Crippen molar-refractivity contribution in [2.75, 3.05) is 12.8 Å². The fourth-order valence-corrected chi connectivity index (χ4v) is 4.48. The summed E-state index contributed by atoms with van der Waals surface area (Å²) in [5.41, 5.74) is 1.31. The van der Waals surface area contributed by atoms with Crippen molar-refractivity contribution < 1.29 is 4.21 Å². The summed E-state index contributed by atoms with van der Waals surface area (Å²) in [5, 5.41) is 3.38. The molecule has 20 heavy (non-hydrogen) atoms. The van der Waals surface area contributed by atoms with Gasteiger partial charge in [0.1, 0.15) is 0 Å². The summed E-state index contributed by atoms with van der Waals surface area (Å²) in [7, 11) is 1.11. The zero-order chi connectivity index (χ0) is 14.5. The minimum atomic E-state index is -0.893. The standard InChI is InChI=1S/C17H27NOS/c1-13(2)14-8-10-16(11-9-14)20(19)12-17(18-3)15-6-4-5-7-15/h8-11,13,15,17-18H,4-7,12H2,1-3H3. The van der Waals surface area contributed by atoms with Crippen LogP contribution in [0.5, 0.6) is 0 Å². The van der Waals surface area contributed by atoms with Crippen molar-refractivity contribution in [2.24, 2.45) is 5.92 Å². The van der Waals surface area contributed by atoms with Crippen LogP contribution < -0.4 is 5.32 Å². The highest BCUT2D eigenvalue weighted by molar-refractivity contribution is 7.85. The van der Waals surface area contributed by atoms with Crippen LogP contribution in [0.25, 0.3) is 0 Å². The molecule has 0 amide bonds. The molecule has 1 fully saturated rings. The Morgan fingerprint density at radius 2 is 1.80 bits per heavy atom. The molecular weight excluding hydrogens is 266 g/mol. The van der Waals surface area contributed by atoms with Gasteiger partial charge in [-0.1, -0.05) is 38.8 Å². The molecular formula is C17H27NOS. The second kappa shape index (κ2) is 7.37. The van der Waals surface area contributed by atoms with E-state index in [0.717, 1.165) is 10.6 Å². The lowest BCUT2D eigenvalue weighted by Crippen LogP contribution is -2.37. The third kappa shape index (κ3) is 3.92. The molecule has 1 aromatic carbocycles. The first-order chi connectivity index (χ1) is 9.61. The highest BCUT2D eigenvalue weighted by atomic mass is 32.2. The van der Waals surface area contributed by atoms with Gasteiger partial charge >= 0.3 is 0 Å². The molecule has 0 aliphatic heterocycles. The van der Waals surface area contributed by atoms with Gasteiger partial charge in [-0.15, -0.1) is 0 Å². The number of nitrogens with one attached hydrogen (secondary N) is 1. The zero-order valence-corrected chi connectivity index (χ0v) is 13.7. The highest BCUT2D eigenvalue weighted by Gasteiger charge is 2.25. The van der Waals surface area contributed by atoms with E-state index in [2.05, 4.69) is 31.3 Å². The molecule has 1 aliphatic rings. The molecule has 0 spiro atoms. The molecule has 112 valence electrons. The van der Waals surface area contributed by atoms with E-state index >= 15 is 0 Å². The second-order valence-corrected chi connectivity index (χ2v) is 7.67. The van der Waals surface area contributed by atoms with Crippen molar-refractivity contribution in [1.82, 2.24) is 5.32 Å². The summed E-state index contributed by atoms with van der Waals surface area (Å²) < 4.78 is 12.5. The van der Waals surface area contributed by atoms with E-state index < -0.39 is 10.8 Å². The molecule has 2 rings (SSSR count). The van der Waals surface area contributed by atoms with Crippen molar-refractivity contribution >= 4 is 10.8 Å². The fraction of sp³-hybridized carbons (Fsp3) is 0.647. The summed E-state index contributed by atoms with van der Waals surface area (Å²) in [6.45, 7) is 4.37. The SMILES string of the molecule is CNC(CS(=O)c1ccc(C(C)C)cc1)C1CCCC1. The average Bonchev–Trinajstić information content (AvgIpc) is 2.98. The van der Waals surface area contributed by atoms with Crippen molar-refractivity contribution in [3.05, 3.63) is 29.8 Å². The molecule has 0 saturated heterocycles. The van der Waals surface area contributed by atoms with E-state index in [1.807, 2.05) is 19.2 Å². The topological polar surface area (TPSA) is 29.1 Å². The van der Waals surface area contributed by atoms with Crippen LogP contribution in [-0.2, 0) is 10.8 Å². The quantitative estimate of drug-likeness (QED) is 0.866. The summed E-state index contributed by atoms with van der Waals surface area (Å²) in [6.07, 6.45) is 5.24. The molecule has 1 aliphatic carbocycles. The van der Waals surface area contributed by atoms with Gasteiger partial charge in [0.2, 0.25) is 0 Å². The van der Waals surface area contributed by atoms with Gasteiger partial charge in [-0.05, 0) is 49.4 Å². The van der Waals surface area contributed by atoms with Crippen molar-refractivity contribution in [3.63, 3.8) is 0 Å². The lowest BCUT2D eigenvalue weighted by molar-refractivity contribution is 0.408. The second-order valence-electron chi connectivity index (χ2n) is 6.18. The molecule has 1 aromatic rings. The number of benzene rings is 1. The van der Waals surface area contributed by atoms with Crippen LogP contribution >= 0.6 is 0 Å². The first-order valence-corrected chi connectivity index (χ1v) is 9.09. The summed E-state index contributed by atoms with van der Waals surface area (Å²) >= 11 is 0. The van der Waals surface area contributed by atoms with Crippen LogP contribution in [0, 0.1) is 5.92 Å². The van der Waals surface area contributed by atoms with Crippen LogP contribution in [0.4, 0.5) is 0 Å². The smallest absolute Gasteiger partial charge is 0.0545 e. The molecule has 2 atom stereocenters. The van der Waals surface area contributed by atoms with Crippen LogP contribution in [0.3, 0.4) is 0 Å². The normalized spacial score (nSPS) is 19.4. The Balaban J connectivity index is 1.99. The van der Waals surface area contributed by atoms with Crippen LogP contribution in [-0.4, -0.2) is 23.1 Å². The maximum absolute atomic E-state index is 12.5. The Morgan fingerprint density at radius 1 is 1.20 bits per heavy atom. The van der Waals surface area contributed by atoms with E-state index in [4.69, 9.17) is 0 Å². The molecule has 2 nitrogen and oxygen atoms in total. The van der Waals surface area contributed by atoms with Gasteiger partial charge in [-0.25, -0.2) is 0 Å². The molecule has 3 heteroatoms. The molecule has 0 bridgehead atoms. The maximum Gasteiger partial charge on any atom is 0.0545 e. The molecule has 0 radical (unpaired) electrons. The Bertz CT molecular complexity index is 435. The van der Waals surface area contributed by atoms with E-state index in [0.29, 0.717) is 17.9 Å². The Hall–Kier alpha value is -0.670. The van der Waals surface area contributed by atoms with Crippen LogP contribution in [0.2, 0.25) is 0 Å². The van der Waals surface area contributed by atoms with Gasteiger partial charge < -0.3 is 5.32 Å². The summed E-state index contributed by atoms with van der Waals surface area (Å²) in [5.74, 6) is 1.97. The van der Waals surface area contributed by atoms with E-state index in [1.165, 1.54) is 31.2 Å². The van der Waals surface area contributed by atoms with Gasteiger partial charge in [0.15, 0.2) is 0 Å². The van der Waals surface area contributed by atoms with E-state index in [1.54, 1.807) is 0 Å². The molecule has 0 aromatic heterocycles. The van der Waals surface area contributed by atoms with Gasteiger partial charge in [0, 0.05) is 16.7 Å². The maximum atomic E-state index is 12.5. The highest BCUT2D eigenvalue weighted by Crippen LogP contribution is 2.28. The third-order valence-electron chi connectivity index (χ3n) is 4.48. The van der Waals surface area contributed by atoms with Crippen LogP contribution in [0.1, 0.15) is 51.0 Å². The Morgan fingerprint density at radius 3 is 2.30 bits per heavy atom. The van der Waals surface area contributed by atoms with E-state index in [-0.39, 0.29) is 0 Å². The van der Waals surface area contributed by atoms with Crippen molar-refractivity contribution in [2.45, 2.75) is 56.4 Å². The van der Waals surface area contributed by atoms with E-state index in [9.17, 15) is 4.21 Å². The zero-order valence-electron chi connectivity index (χ0n) is 12.9. The van der Waals surface area contributed by atoms with Crippen molar-refractivity contribution in [1.29, 1.82) is 0 Å². The first kappa shape index (κ1) is 15.7. The number of rotatable bonds is 6. The minimum Gasteiger partial charge on any atom is -0.316 e. The fourth-order valence-electron chi connectivity index (χ4n) is 3.08. The number of hydrogen-bond donors (Lipinski definition) is 1. The average molecular weight is 293 g/mol. The lowest BCUT2D eigenvalue weighted by atomic mass is 10.0. The van der Waals surface area contributed by atoms with Gasteiger partial charge in [-0.3, -0.25) is 4.21 Å². The third-order valence-corrected chi connectivity index (χ3v) is 5.94. The molecule has 1 saturated carbocycles. The predicted molar refractivity (Wildman–Crippen MR) is 86.6 cm³/mol. The Labute approximate surface area is 125 Å². The largest absolute Gasteiger partial charge is 0.316 e. The Kier molecular flexibility index (Phi) is 5.79. The number of hydrogen-bond acceptors (Lipinski definition) is 2. The van der Waals surface area contributed by atoms with Gasteiger partial charge in [0.25, 0.3) is 0 Å². The summed E-state index contributed by atoms with van der Waals surface area (Å²) in [4.78, 5) is 0.965. The van der Waals surface area contributed by atoms with Gasteiger partial charge in [0.05, 0.1) is 10.8 Å². The molecule has 0 heterocycles. The molecule has 1 N–H and O–H groups in total. The summed E-state index contributed by atoms with van der Waals surface area (Å²) in [6, 6.07) is 8.69. The van der Waals surface area contributed by atoms with Crippen molar-refractivity contribution in [3.8, 4) is 0 Å². The minimum absolute atomic E-state index is 0.392. The molecule has 2 unspecified atom stereocenters.